The van der Waals surface area contributed by atoms with Gasteiger partial charge < -0.3 is 4.74 Å². The maximum atomic E-state index is 13.4. The molecule has 150 valence electrons. The van der Waals surface area contributed by atoms with Crippen molar-refractivity contribution in [2.24, 2.45) is 0 Å². The fourth-order valence-electron chi connectivity index (χ4n) is 3.26. The number of rotatable bonds is 3. The molecular formula is C21H16F3NO3S. The van der Waals surface area contributed by atoms with Crippen LogP contribution in [0, 0.1) is 0 Å². The van der Waals surface area contributed by atoms with Crippen LogP contribution in [0.5, 0.6) is 5.75 Å². The average molecular weight is 419 g/mol. The summed E-state index contributed by atoms with van der Waals surface area (Å²) >= 11 is 0. The number of hydrogen-bond acceptors (Lipinski definition) is 3. The van der Waals surface area contributed by atoms with Gasteiger partial charge in [-0.05, 0) is 47.2 Å². The van der Waals surface area contributed by atoms with Gasteiger partial charge in [-0.1, -0.05) is 36.9 Å². The second-order valence-electron chi connectivity index (χ2n) is 6.62. The van der Waals surface area contributed by atoms with E-state index in [0.717, 1.165) is 27.9 Å². The van der Waals surface area contributed by atoms with Gasteiger partial charge in [0.1, 0.15) is 11.9 Å². The highest BCUT2D eigenvalue weighted by atomic mass is 32.2. The molecule has 0 aromatic heterocycles. The molecule has 0 saturated heterocycles. The van der Waals surface area contributed by atoms with Crippen molar-refractivity contribution in [3.8, 4) is 5.75 Å². The first-order valence-corrected chi connectivity index (χ1v) is 10.2. The molecule has 0 unspecified atom stereocenters. The van der Waals surface area contributed by atoms with E-state index in [1.54, 1.807) is 18.2 Å². The minimum atomic E-state index is -4.61. The van der Waals surface area contributed by atoms with Crippen molar-refractivity contribution in [3.05, 3.63) is 78.9 Å². The molecule has 4 rings (SSSR count). The van der Waals surface area contributed by atoms with Crippen LogP contribution in [-0.4, -0.2) is 21.1 Å². The number of fused-ring (bicyclic) bond motifs is 2. The molecule has 3 aromatic rings. The number of sulfonamides is 1. The van der Waals surface area contributed by atoms with Crippen LogP contribution in [0.2, 0.25) is 0 Å². The van der Waals surface area contributed by atoms with Gasteiger partial charge in [-0.2, -0.15) is 13.2 Å². The summed E-state index contributed by atoms with van der Waals surface area (Å²) in [5.41, 5.74) is -1.10. The highest BCUT2D eigenvalue weighted by molar-refractivity contribution is 7.92. The van der Waals surface area contributed by atoms with Crippen LogP contribution >= 0.6 is 0 Å². The first-order valence-electron chi connectivity index (χ1n) is 8.72. The number of anilines is 1. The SMILES string of the molecule is C=C[C@H]1CN(S(=O)(=O)c2ccc3ccccc3c2)c2cc(C(F)(F)F)ccc2O1. The summed E-state index contributed by atoms with van der Waals surface area (Å²) in [5.74, 6) is 0.0542. The topological polar surface area (TPSA) is 46.6 Å². The quantitative estimate of drug-likeness (QED) is 0.562. The van der Waals surface area contributed by atoms with Crippen LogP contribution in [0.15, 0.2) is 78.2 Å². The third-order valence-corrected chi connectivity index (χ3v) is 6.53. The standard InChI is InChI=1S/C21H16F3NO3S/c1-2-17-13-25(19-12-16(21(22,23)24)8-10-20(19)28-17)29(26,27)18-9-7-14-5-3-4-6-15(14)11-18/h2-12,17H,1,13H2/t17-/m0/s1. The Balaban J connectivity index is 1.86. The third kappa shape index (κ3) is 3.44. The first-order chi connectivity index (χ1) is 13.7. The number of ether oxygens (including phenoxy) is 1. The third-order valence-electron chi connectivity index (χ3n) is 4.75. The minimum absolute atomic E-state index is 0.00993. The van der Waals surface area contributed by atoms with E-state index in [1.807, 2.05) is 12.1 Å². The van der Waals surface area contributed by atoms with Crippen molar-refractivity contribution >= 4 is 26.5 Å². The van der Waals surface area contributed by atoms with Crippen molar-refractivity contribution < 1.29 is 26.3 Å². The van der Waals surface area contributed by atoms with Crippen LogP contribution in [-0.2, 0) is 16.2 Å². The molecule has 4 nitrogen and oxygen atoms in total. The lowest BCUT2D eigenvalue weighted by Gasteiger charge is -2.34. The largest absolute Gasteiger partial charge is 0.482 e. The zero-order valence-corrected chi connectivity index (χ0v) is 15.9. The molecule has 0 saturated carbocycles. The Morgan fingerprint density at radius 3 is 2.45 bits per heavy atom. The fourth-order valence-corrected chi connectivity index (χ4v) is 4.77. The Labute approximate surface area is 165 Å². The number of halogens is 3. The molecule has 0 bridgehead atoms. The molecule has 0 spiro atoms. The van der Waals surface area contributed by atoms with E-state index in [9.17, 15) is 21.6 Å². The lowest BCUT2D eigenvalue weighted by molar-refractivity contribution is -0.137. The molecule has 29 heavy (non-hydrogen) atoms. The summed E-state index contributed by atoms with van der Waals surface area (Å²) in [6, 6.07) is 14.7. The Morgan fingerprint density at radius 1 is 1.03 bits per heavy atom. The van der Waals surface area contributed by atoms with Gasteiger partial charge in [0.15, 0.2) is 0 Å². The van der Waals surface area contributed by atoms with Crippen molar-refractivity contribution in [1.29, 1.82) is 0 Å². The predicted octanol–water partition coefficient (Wildman–Crippen LogP) is 5.00. The molecule has 0 aliphatic carbocycles. The van der Waals surface area contributed by atoms with Crippen LogP contribution < -0.4 is 9.04 Å². The number of alkyl halides is 3. The molecule has 1 heterocycles. The molecular weight excluding hydrogens is 403 g/mol. The first kappa shape index (κ1) is 19.3. The van der Waals surface area contributed by atoms with Crippen LogP contribution in [0.25, 0.3) is 10.8 Å². The van der Waals surface area contributed by atoms with Gasteiger partial charge in [0.05, 0.1) is 22.7 Å². The molecule has 1 aliphatic heterocycles. The van der Waals surface area contributed by atoms with Gasteiger partial charge in [-0.3, -0.25) is 4.31 Å². The van der Waals surface area contributed by atoms with E-state index < -0.39 is 27.9 Å². The van der Waals surface area contributed by atoms with Gasteiger partial charge >= 0.3 is 6.18 Å². The van der Waals surface area contributed by atoms with E-state index in [-0.39, 0.29) is 22.9 Å². The lowest BCUT2D eigenvalue weighted by atomic mass is 10.1. The maximum absolute atomic E-state index is 13.4. The molecule has 8 heteroatoms. The zero-order valence-electron chi connectivity index (χ0n) is 15.1. The summed E-state index contributed by atoms with van der Waals surface area (Å²) in [6.45, 7) is 3.44. The van der Waals surface area contributed by atoms with E-state index >= 15 is 0 Å². The second kappa shape index (κ2) is 6.81. The Kier molecular flexibility index (Phi) is 4.53. The molecule has 0 N–H and O–H groups in total. The summed E-state index contributed by atoms with van der Waals surface area (Å²) < 4.78 is 72.9. The summed E-state index contributed by atoms with van der Waals surface area (Å²) in [6.07, 6.45) is -3.87. The van der Waals surface area contributed by atoms with Gasteiger partial charge in [-0.15, -0.1) is 0 Å². The molecule has 1 atom stereocenters. The number of nitrogens with zero attached hydrogens (tertiary/aromatic N) is 1. The molecule has 1 aliphatic rings. The predicted molar refractivity (Wildman–Crippen MR) is 105 cm³/mol. The van der Waals surface area contributed by atoms with Crippen LogP contribution in [0.4, 0.5) is 18.9 Å². The van der Waals surface area contributed by atoms with Crippen LogP contribution in [0.1, 0.15) is 5.56 Å². The van der Waals surface area contributed by atoms with E-state index in [0.29, 0.717) is 5.39 Å². The van der Waals surface area contributed by atoms with E-state index in [4.69, 9.17) is 4.74 Å². The summed E-state index contributed by atoms with van der Waals surface area (Å²) in [5, 5.41) is 1.57. The summed E-state index contributed by atoms with van der Waals surface area (Å²) in [4.78, 5) is -0.00993. The van der Waals surface area contributed by atoms with Crippen molar-refractivity contribution in [3.63, 3.8) is 0 Å². The molecule has 0 amide bonds. The van der Waals surface area contributed by atoms with E-state index in [1.165, 1.54) is 18.2 Å². The average Bonchev–Trinajstić information content (AvgIpc) is 2.71. The molecule has 0 fully saturated rings. The van der Waals surface area contributed by atoms with Gasteiger partial charge in [0.2, 0.25) is 0 Å². The Morgan fingerprint density at radius 2 is 1.76 bits per heavy atom. The molecule has 0 radical (unpaired) electrons. The second-order valence-corrected chi connectivity index (χ2v) is 8.48. The highest BCUT2D eigenvalue weighted by Crippen LogP contribution is 2.41. The molecule has 3 aromatic carbocycles. The highest BCUT2D eigenvalue weighted by Gasteiger charge is 2.37. The Bertz CT molecular complexity index is 1210. The van der Waals surface area contributed by atoms with Crippen molar-refractivity contribution in [2.75, 3.05) is 10.8 Å². The fraction of sp³-hybridized carbons (Fsp3) is 0.143. The number of hydrogen-bond donors (Lipinski definition) is 0. The maximum Gasteiger partial charge on any atom is 0.416 e. The monoisotopic (exact) mass is 419 g/mol. The van der Waals surface area contributed by atoms with E-state index in [2.05, 4.69) is 6.58 Å². The normalized spacial score (nSPS) is 16.9. The smallest absolute Gasteiger partial charge is 0.416 e. The zero-order chi connectivity index (χ0) is 20.8. The lowest BCUT2D eigenvalue weighted by Crippen LogP contribution is -2.42. The van der Waals surface area contributed by atoms with Crippen molar-refractivity contribution in [1.82, 2.24) is 0 Å². The van der Waals surface area contributed by atoms with Gasteiger partial charge in [0, 0.05) is 0 Å². The Hall–Kier alpha value is -3.00. The van der Waals surface area contributed by atoms with Crippen molar-refractivity contribution in [2.45, 2.75) is 17.2 Å². The van der Waals surface area contributed by atoms with Gasteiger partial charge in [0.25, 0.3) is 10.0 Å². The van der Waals surface area contributed by atoms with Gasteiger partial charge in [-0.25, -0.2) is 8.42 Å². The van der Waals surface area contributed by atoms with Crippen LogP contribution in [0.3, 0.4) is 0 Å². The summed E-state index contributed by atoms with van der Waals surface area (Å²) in [7, 11) is -4.13. The number of benzene rings is 3. The minimum Gasteiger partial charge on any atom is -0.482 e.